The standard InChI is InChI=1S/C18H24N2O/c1-12-4-5-17-15(7-12)16(8-19-17)18(21)11-20-9-13(2)6-14(3)10-20/h4-5,7-8,13-14,19H,6,9-11H2,1-3H3/p+1/t13-,14+. The van der Waals surface area contributed by atoms with Crippen LogP contribution >= 0.6 is 0 Å². The molecule has 0 bridgehead atoms. The molecule has 1 aliphatic heterocycles. The summed E-state index contributed by atoms with van der Waals surface area (Å²) in [5, 5.41) is 1.07. The lowest BCUT2D eigenvalue weighted by Crippen LogP contribution is -3.15. The highest BCUT2D eigenvalue weighted by Crippen LogP contribution is 2.20. The maximum Gasteiger partial charge on any atom is 0.219 e. The predicted octanol–water partition coefficient (Wildman–Crippen LogP) is 2.22. The Balaban J connectivity index is 1.79. The molecule has 112 valence electrons. The van der Waals surface area contributed by atoms with Crippen molar-refractivity contribution in [3.63, 3.8) is 0 Å². The number of carbonyl (C=O) groups excluding carboxylic acids is 1. The van der Waals surface area contributed by atoms with Crippen LogP contribution in [-0.4, -0.2) is 30.4 Å². The largest absolute Gasteiger partial charge is 0.360 e. The SMILES string of the molecule is Cc1ccc2[nH]cc(C(=O)C[NH+]3C[C@H](C)C[C@H](C)C3)c2c1. The summed E-state index contributed by atoms with van der Waals surface area (Å²) in [6, 6.07) is 6.24. The second kappa shape index (κ2) is 5.64. The Labute approximate surface area is 126 Å². The number of Topliss-reactive ketones (excluding diaryl/α,β-unsaturated/α-hetero) is 1. The van der Waals surface area contributed by atoms with Gasteiger partial charge in [0.05, 0.1) is 13.1 Å². The quantitative estimate of drug-likeness (QED) is 0.834. The van der Waals surface area contributed by atoms with Crippen molar-refractivity contribution in [1.29, 1.82) is 0 Å². The highest BCUT2D eigenvalue weighted by atomic mass is 16.1. The summed E-state index contributed by atoms with van der Waals surface area (Å²) in [7, 11) is 0. The van der Waals surface area contributed by atoms with Crippen LogP contribution in [-0.2, 0) is 0 Å². The fourth-order valence-corrected chi connectivity index (χ4v) is 3.85. The minimum absolute atomic E-state index is 0.267. The molecule has 1 saturated heterocycles. The monoisotopic (exact) mass is 285 g/mol. The zero-order valence-corrected chi connectivity index (χ0v) is 13.2. The van der Waals surface area contributed by atoms with Crippen LogP contribution in [0.15, 0.2) is 24.4 Å². The van der Waals surface area contributed by atoms with E-state index in [4.69, 9.17) is 0 Å². The zero-order chi connectivity index (χ0) is 15.0. The van der Waals surface area contributed by atoms with Crippen molar-refractivity contribution >= 4 is 16.7 Å². The molecule has 1 fully saturated rings. The minimum Gasteiger partial charge on any atom is -0.360 e. The van der Waals surface area contributed by atoms with Crippen molar-refractivity contribution < 1.29 is 9.69 Å². The molecule has 0 spiro atoms. The molecular weight excluding hydrogens is 260 g/mol. The van der Waals surface area contributed by atoms with Crippen molar-refractivity contribution in [3.05, 3.63) is 35.5 Å². The van der Waals surface area contributed by atoms with Crippen molar-refractivity contribution in [2.75, 3.05) is 19.6 Å². The normalized spacial score (nSPS) is 26.1. The number of benzene rings is 1. The highest BCUT2D eigenvalue weighted by Gasteiger charge is 2.27. The average Bonchev–Trinajstić information content (AvgIpc) is 2.80. The maximum absolute atomic E-state index is 12.7. The topological polar surface area (TPSA) is 37.3 Å². The third kappa shape index (κ3) is 3.03. The first-order valence-corrected chi connectivity index (χ1v) is 7.97. The molecule has 3 heteroatoms. The summed E-state index contributed by atoms with van der Waals surface area (Å²) < 4.78 is 0. The molecule has 2 N–H and O–H groups in total. The molecule has 0 aliphatic carbocycles. The molecule has 1 unspecified atom stereocenters. The van der Waals surface area contributed by atoms with Gasteiger partial charge in [-0.2, -0.15) is 0 Å². The minimum atomic E-state index is 0.267. The molecule has 1 aromatic carbocycles. The van der Waals surface area contributed by atoms with Crippen LogP contribution in [0.1, 0.15) is 36.2 Å². The maximum atomic E-state index is 12.7. The number of carbonyl (C=O) groups is 1. The Morgan fingerprint density at radius 1 is 1.29 bits per heavy atom. The van der Waals surface area contributed by atoms with Gasteiger partial charge >= 0.3 is 0 Å². The van der Waals surface area contributed by atoms with Gasteiger partial charge in [-0.25, -0.2) is 0 Å². The zero-order valence-electron chi connectivity index (χ0n) is 13.2. The van der Waals surface area contributed by atoms with Crippen LogP contribution in [0, 0.1) is 18.8 Å². The van der Waals surface area contributed by atoms with E-state index in [2.05, 4.69) is 44.0 Å². The number of hydrogen-bond acceptors (Lipinski definition) is 1. The van der Waals surface area contributed by atoms with Crippen molar-refractivity contribution in [2.45, 2.75) is 27.2 Å². The number of aromatic amines is 1. The van der Waals surface area contributed by atoms with E-state index < -0.39 is 0 Å². The van der Waals surface area contributed by atoms with E-state index in [9.17, 15) is 4.79 Å². The predicted molar refractivity (Wildman–Crippen MR) is 85.9 cm³/mol. The summed E-state index contributed by atoms with van der Waals surface area (Å²) in [5.41, 5.74) is 3.11. The first kappa shape index (κ1) is 14.3. The molecule has 0 saturated carbocycles. The van der Waals surface area contributed by atoms with Gasteiger partial charge in [0.1, 0.15) is 6.54 Å². The van der Waals surface area contributed by atoms with E-state index in [1.165, 1.54) is 16.9 Å². The van der Waals surface area contributed by atoms with Gasteiger partial charge < -0.3 is 9.88 Å². The van der Waals surface area contributed by atoms with Gasteiger partial charge in [0, 0.05) is 34.5 Å². The number of quaternary nitrogens is 1. The number of rotatable bonds is 3. The molecule has 1 aromatic heterocycles. The lowest BCUT2D eigenvalue weighted by Gasteiger charge is -2.31. The summed E-state index contributed by atoms with van der Waals surface area (Å²) in [6.07, 6.45) is 3.17. The molecule has 21 heavy (non-hydrogen) atoms. The van der Waals surface area contributed by atoms with E-state index in [-0.39, 0.29) is 5.78 Å². The second-order valence-electron chi connectivity index (χ2n) is 6.96. The molecule has 3 rings (SSSR count). The van der Waals surface area contributed by atoms with E-state index >= 15 is 0 Å². The lowest BCUT2D eigenvalue weighted by molar-refractivity contribution is -0.903. The number of likely N-dealkylation sites (tertiary alicyclic amines) is 1. The van der Waals surface area contributed by atoms with Gasteiger partial charge in [-0.15, -0.1) is 0 Å². The Morgan fingerprint density at radius 2 is 2.00 bits per heavy atom. The fourth-order valence-electron chi connectivity index (χ4n) is 3.85. The second-order valence-corrected chi connectivity index (χ2v) is 6.96. The van der Waals surface area contributed by atoms with E-state index in [1.54, 1.807) is 0 Å². The molecular formula is C18H25N2O+. The molecule has 0 amide bonds. The van der Waals surface area contributed by atoms with Crippen LogP contribution in [0.2, 0.25) is 0 Å². The number of aryl methyl sites for hydroxylation is 1. The molecule has 3 atom stereocenters. The van der Waals surface area contributed by atoms with Crippen LogP contribution < -0.4 is 4.90 Å². The number of hydrogen-bond donors (Lipinski definition) is 2. The Hall–Kier alpha value is -1.61. The van der Waals surface area contributed by atoms with Gasteiger partial charge in [0.25, 0.3) is 0 Å². The smallest absolute Gasteiger partial charge is 0.219 e. The Morgan fingerprint density at radius 3 is 2.71 bits per heavy atom. The average molecular weight is 285 g/mol. The van der Waals surface area contributed by atoms with Gasteiger partial charge in [0.15, 0.2) is 0 Å². The molecule has 0 radical (unpaired) electrons. The first-order valence-electron chi connectivity index (χ1n) is 7.97. The molecule has 3 nitrogen and oxygen atoms in total. The third-order valence-electron chi connectivity index (χ3n) is 4.63. The molecule has 2 aromatic rings. The molecule has 2 heterocycles. The van der Waals surface area contributed by atoms with Gasteiger partial charge in [-0.05, 0) is 25.5 Å². The third-order valence-corrected chi connectivity index (χ3v) is 4.63. The Kier molecular flexibility index (Phi) is 3.85. The number of H-pyrrole nitrogens is 1. The van der Waals surface area contributed by atoms with Crippen LogP contribution in [0.25, 0.3) is 10.9 Å². The summed E-state index contributed by atoms with van der Waals surface area (Å²) in [5.74, 6) is 1.71. The summed E-state index contributed by atoms with van der Waals surface area (Å²) in [6.45, 7) is 9.54. The fraction of sp³-hybridized carbons (Fsp3) is 0.500. The first-order chi connectivity index (χ1) is 10.0. The number of nitrogens with one attached hydrogen (secondary N) is 2. The van der Waals surface area contributed by atoms with Crippen molar-refractivity contribution in [2.24, 2.45) is 11.8 Å². The van der Waals surface area contributed by atoms with Gasteiger partial charge in [-0.3, -0.25) is 4.79 Å². The van der Waals surface area contributed by atoms with Gasteiger partial charge in [0.2, 0.25) is 5.78 Å². The number of aromatic nitrogens is 1. The van der Waals surface area contributed by atoms with Gasteiger partial charge in [-0.1, -0.05) is 25.5 Å². The lowest BCUT2D eigenvalue weighted by atomic mass is 9.91. The summed E-state index contributed by atoms with van der Waals surface area (Å²) in [4.78, 5) is 17.3. The van der Waals surface area contributed by atoms with E-state index in [1.807, 2.05) is 6.20 Å². The van der Waals surface area contributed by atoms with Crippen LogP contribution in [0.4, 0.5) is 0 Å². The van der Waals surface area contributed by atoms with Crippen LogP contribution in [0.3, 0.4) is 0 Å². The van der Waals surface area contributed by atoms with Crippen molar-refractivity contribution in [3.8, 4) is 0 Å². The van der Waals surface area contributed by atoms with E-state index in [0.29, 0.717) is 6.54 Å². The van der Waals surface area contributed by atoms with Crippen molar-refractivity contribution in [1.82, 2.24) is 4.98 Å². The highest BCUT2D eigenvalue weighted by molar-refractivity contribution is 6.08. The van der Waals surface area contributed by atoms with E-state index in [0.717, 1.165) is 41.4 Å². The number of piperidine rings is 1. The molecule has 1 aliphatic rings. The number of fused-ring (bicyclic) bond motifs is 1. The van der Waals surface area contributed by atoms with Crippen LogP contribution in [0.5, 0.6) is 0 Å². The Bertz CT molecular complexity index is 648. The number of ketones is 1. The summed E-state index contributed by atoms with van der Waals surface area (Å²) >= 11 is 0.